The van der Waals surface area contributed by atoms with Crippen molar-refractivity contribution in [3.8, 4) is 12.3 Å². The van der Waals surface area contributed by atoms with Crippen LogP contribution >= 0.6 is 0 Å². The van der Waals surface area contributed by atoms with E-state index in [-0.39, 0.29) is 23.4 Å². The Hall–Kier alpha value is -2.97. The number of carbonyl (C=O) groups excluding carboxylic acids is 1. The van der Waals surface area contributed by atoms with Gasteiger partial charge in [-0.15, -0.1) is 6.42 Å². The molecule has 2 aromatic heterocycles. The van der Waals surface area contributed by atoms with Crippen LogP contribution in [0.1, 0.15) is 51.2 Å². The van der Waals surface area contributed by atoms with E-state index in [4.69, 9.17) is 26.4 Å². The van der Waals surface area contributed by atoms with Crippen LogP contribution in [-0.2, 0) is 14.2 Å². The molecule has 11 heteroatoms. The maximum atomic E-state index is 13.8. The molecule has 2 aromatic rings. The van der Waals surface area contributed by atoms with Crippen LogP contribution in [0.2, 0.25) is 0 Å². The summed E-state index contributed by atoms with van der Waals surface area (Å²) in [4.78, 5) is 24.3. The monoisotopic (exact) mass is 471 g/mol. The van der Waals surface area contributed by atoms with Gasteiger partial charge in [0.05, 0.1) is 12.9 Å². The summed E-state index contributed by atoms with van der Waals surface area (Å²) in [7, 11) is 0. The number of hydrogen-bond acceptors (Lipinski definition) is 9. The Morgan fingerprint density at radius 2 is 1.94 bits per heavy atom. The van der Waals surface area contributed by atoms with E-state index in [9.17, 15) is 14.3 Å². The first-order valence-corrected chi connectivity index (χ1v) is 11.6. The van der Waals surface area contributed by atoms with Crippen molar-refractivity contribution in [1.82, 2.24) is 19.5 Å². The number of halogens is 1. The molecular formula is C23H26FN5O5. The Balaban J connectivity index is 1.22. The molecule has 4 saturated carbocycles. The van der Waals surface area contributed by atoms with E-state index >= 15 is 0 Å². The van der Waals surface area contributed by atoms with Crippen molar-refractivity contribution < 1.29 is 28.5 Å². The Morgan fingerprint density at radius 3 is 2.56 bits per heavy atom. The van der Waals surface area contributed by atoms with Crippen molar-refractivity contribution in [2.45, 2.75) is 68.5 Å². The van der Waals surface area contributed by atoms with Gasteiger partial charge in [-0.05, 0) is 56.3 Å². The van der Waals surface area contributed by atoms with Crippen LogP contribution in [0, 0.1) is 36.2 Å². The number of aliphatic hydroxyl groups excluding tert-OH is 1. The van der Waals surface area contributed by atoms with E-state index in [0.717, 1.165) is 19.3 Å². The minimum Gasteiger partial charge on any atom is -0.428 e. The van der Waals surface area contributed by atoms with E-state index in [0.29, 0.717) is 17.8 Å². The molecule has 0 spiro atoms. The van der Waals surface area contributed by atoms with Gasteiger partial charge in [0.25, 0.3) is 0 Å². The number of rotatable bonds is 4. The number of hydrogen-bond donors (Lipinski definition) is 2. The van der Waals surface area contributed by atoms with Crippen LogP contribution in [-0.4, -0.2) is 54.7 Å². The maximum absolute atomic E-state index is 13.8. The summed E-state index contributed by atoms with van der Waals surface area (Å²) in [5.41, 5.74) is 3.98. The number of terminal acetylenes is 1. The van der Waals surface area contributed by atoms with Gasteiger partial charge in [0.2, 0.25) is 0 Å². The number of ether oxygens (including phenoxy) is 3. The lowest BCUT2D eigenvalue weighted by atomic mass is 9.54. The topological polar surface area (TPSA) is 135 Å². The third-order valence-electron chi connectivity index (χ3n) is 8.01. The second-order valence-corrected chi connectivity index (χ2v) is 10.3. The molecule has 0 unspecified atom stereocenters. The number of anilines is 1. The third kappa shape index (κ3) is 3.31. The summed E-state index contributed by atoms with van der Waals surface area (Å²) in [6.45, 7) is -0.590. The van der Waals surface area contributed by atoms with Gasteiger partial charge in [0.1, 0.15) is 11.8 Å². The number of aliphatic hydroxyl groups is 1. The molecule has 10 nitrogen and oxygen atoms in total. The molecule has 4 aliphatic carbocycles. The SMILES string of the molecule is C#C[C@]1(CO)O[C@@H](n2cnc3c(N)nc(F)nc32)C[C@@H]1OC(=O)OC12CC3CC(CC(C3)C1)C2. The van der Waals surface area contributed by atoms with E-state index in [1.54, 1.807) is 0 Å². The fourth-order valence-corrected chi connectivity index (χ4v) is 6.96. The zero-order valence-corrected chi connectivity index (χ0v) is 18.5. The Labute approximate surface area is 195 Å². The smallest absolute Gasteiger partial charge is 0.428 e. The highest BCUT2D eigenvalue weighted by Crippen LogP contribution is 2.57. The molecule has 1 aliphatic heterocycles. The summed E-state index contributed by atoms with van der Waals surface area (Å²) in [5.74, 6) is 4.13. The quantitative estimate of drug-likeness (QED) is 0.391. The number of fused-ring (bicyclic) bond motifs is 1. The van der Waals surface area contributed by atoms with Crippen LogP contribution in [0.3, 0.4) is 0 Å². The standard InChI is InChI=1S/C23H26FN5O5/c1-2-23(10-30)15(6-16(33-23)29-11-26-17-18(25)27-20(24)28-19(17)29)32-21(31)34-22-7-12-3-13(8-22)5-14(4-12)9-22/h1,11-16,30H,3-10H2,(H2,25,27,28)/t12?,13?,14?,15-,16+,22?,23+/m0/s1. The van der Waals surface area contributed by atoms with Crippen molar-refractivity contribution in [3.63, 3.8) is 0 Å². The second-order valence-electron chi connectivity index (χ2n) is 10.3. The average molecular weight is 471 g/mol. The number of aromatic nitrogens is 4. The predicted molar refractivity (Wildman–Crippen MR) is 115 cm³/mol. The lowest BCUT2D eigenvalue weighted by Crippen LogP contribution is -2.53. The van der Waals surface area contributed by atoms with Gasteiger partial charge < -0.3 is 25.1 Å². The summed E-state index contributed by atoms with van der Waals surface area (Å²) < 4.78 is 32.8. The molecule has 3 N–H and O–H groups in total. The zero-order chi connectivity index (χ0) is 23.7. The predicted octanol–water partition coefficient (Wildman–Crippen LogP) is 2.32. The Morgan fingerprint density at radius 1 is 1.26 bits per heavy atom. The number of carbonyl (C=O) groups is 1. The number of imidazole rings is 1. The molecule has 0 amide bonds. The number of nitrogens with two attached hydrogens (primary N) is 1. The lowest BCUT2D eigenvalue weighted by molar-refractivity contribution is -0.154. The van der Waals surface area contributed by atoms with Crippen LogP contribution in [0.5, 0.6) is 0 Å². The van der Waals surface area contributed by atoms with E-state index < -0.39 is 42.4 Å². The van der Waals surface area contributed by atoms with Gasteiger partial charge in [0.15, 0.2) is 28.7 Å². The molecule has 34 heavy (non-hydrogen) atoms. The van der Waals surface area contributed by atoms with E-state index in [1.165, 1.54) is 30.2 Å². The van der Waals surface area contributed by atoms with Gasteiger partial charge in [-0.25, -0.2) is 9.78 Å². The van der Waals surface area contributed by atoms with E-state index in [2.05, 4.69) is 20.9 Å². The normalized spacial score (nSPS) is 38.2. The fraction of sp³-hybridized carbons (Fsp3) is 0.652. The second kappa shape index (κ2) is 7.52. The highest BCUT2D eigenvalue weighted by molar-refractivity contribution is 5.81. The summed E-state index contributed by atoms with van der Waals surface area (Å²) in [6.07, 6.45) is 9.77. The molecular weight excluding hydrogens is 445 g/mol. The van der Waals surface area contributed by atoms with Crippen molar-refractivity contribution in [1.29, 1.82) is 0 Å². The lowest BCUT2D eigenvalue weighted by Gasteiger charge is -2.55. The molecule has 4 bridgehead atoms. The third-order valence-corrected chi connectivity index (χ3v) is 8.01. The van der Waals surface area contributed by atoms with Crippen LogP contribution in [0.4, 0.5) is 15.0 Å². The molecule has 5 fully saturated rings. The average Bonchev–Trinajstić information content (AvgIpc) is 3.34. The molecule has 5 aliphatic rings. The van der Waals surface area contributed by atoms with Crippen LogP contribution in [0.15, 0.2) is 6.33 Å². The summed E-state index contributed by atoms with van der Waals surface area (Å²) in [5, 5.41) is 10.1. The van der Waals surface area contributed by atoms with Gasteiger partial charge in [-0.3, -0.25) is 4.57 Å². The van der Waals surface area contributed by atoms with Crippen LogP contribution in [0.25, 0.3) is 11.2 Å². The van der Waals surface area contributed by atoms with Crippen LogP contribution < -0.4 is 5.73 Å². The largest absolute Gasteiger partial charge is 0.509 e. The molecule has 0 radical (unpaired) electrons. The fourth-order valence-electron chi connectivity index (χ4n) is 6.96. The molecule has 7 rings (SSSR count). The Bertz CT molecular complexity index is 1160. The minimum absolute atomic E-state index is 0.0811. The first-order chi connectivity index (χ1) is 16.3. The molecule has 1 saturated heterocycles. The summed E-state index contributed by atoms with van der Waals surface area (Å²) >= 11 is 0. The summed E-state index contributed by atoms with van der Waals surface area (Å²) in [6, 6.07) is 0. The zero-order valence-electron chi connectivity index (χ0n) is 18.5. The van der Waals surface area contributed by atoms with Crippen molar-refractivity contribution in [2.24, 2.45) is 17.8 Å². The first kappa shape index (κ1) is 21.6. The maximum Gasteiger partial charge on any atom is 0.509 e. The highest BCUT2D eigenvalue weighted by Gasteiger charge is 2.55. The van der Waals surface area contributed by atoms with Gasteiger partial charge in [0, 0.05) is 6.42 Å². The van der Waals surface area contributed by atoms with Crippen molar-refractivity contribution >= 4 is 23.1 Å². The number of nitrogens with zero attached hydrogens (tertiary/aromatic N) is 4. The van der Waals surface area contributed by atoms with Gasteiger partial charge >= 0.3 is 12.2 Å². The molecule has 3 atom stereocenters. The van der Waals surface area contributed by atoms with Gasteiger partial charge in [-0.1, -0.05) is 5.92 Å². The highest BCUT2D eigenvalue weighted by atomic mass is 19.1. The molecule has 0 aromatic carbocycles. The minimum atomic E-state index is -1.60. The van der Waals surface area contributed by atoms with Gasteiger partial charge in [-0.2, -0.15) is 14.4 Å². The Kier molecular flexibility index (Phi) is 4.76. The molecule has 180 valence electrons. The first-order valence-electron chi connectivity index (χ1n) is 11.6. The van der Waals surface area contributed by atoms with Crippen molar-refractivity contribution in [2.75, 3.05) is 12.3 Å². The number of nitrogen functional groups attached to an aromatic ring is 1. The molecule has 3 heterocycles. The van der Waals surface area contributed by atoms with E-state index in [1.807, 2.05) is 0 Å². The van der Waals surface area contributed by atoms with Crippen molar-refractivity contribution in [3.05, 3.63) is 12.4 Å².